The number of rotatable bonds is 6. The Kier molecular flexibility index (Phi) is 11.4. The summed E-state index contributed by atoms with van der Waals surface area (Å²) in [6.07, 6.45) is 0. The first kappa shape index (κ1) is 57.1. The Hall–Kier alpha value is -12.7. The first-order valence-electron chi connectivity index (χ1n) is 35.6. The molecule has 23 rings (SSSR count). The topological polar surface area (TPSA) is 61.9 Å². The summed E-state index contributed by atoms with van der Waals surface area (Å²) in [7, 11) is 0. The second-order valence-corrected chi connectivity index (χ2v) is 30.4. The number of aromatic nitrogens is 4. The molecule has 0 spiro atoms. The Labute approximate surface area is 595 Å². The van der Waals surface area contributed by atoms with Gasteiger partial charge >= 0.3 is 0 Å². The number of thiophene rings is 1. The van der Waals surface area contributed by atoms with Gasteiger partial charge in [-0.1, -0.05) is 246 Å². The molecule has 21 aromatic rings. The lowest BCUT2D eigenvalue weighted by molar-refractivity contribution is 0.660. The van der Waals surface area contributed by atoms with Gasteiger partial charge in [-0.25, -0.2) is 9.97 Å². The van der Waals surface area contributed by atoms with E-state index in [2.05, 4.69) is 316 Å². The Morgan fingerprint density at radius 2 is 0.621 bits per heavy atom. The molecule has 15 aromatic carbocycles. The molecule has 6 heterocycles. The number of nitrogens with zero attached hydrogens (tertiary/aromatic N) is 4. The van der Waals surface area contributed by atoms with Crippen LogP contribution in [0.4, 0.5) is 0 Å². The Bertz CT molecular complexity index is 6950. The SMILES string of the molecule is CC1(C)c2ccccc2-c2c(-c3sc(-c4cccc5c4-c4ccccc4C5(C)C)c4nc5c6cc(-c7ccc8c(c7)c7ccccc7n8-c7cccc8c7oc7ccccc78)ccc6c6ccc(-c7ccc8c(c7)c7ccccc7n8-c7cccc8c7oc7ccccc78)cc6c5nc34)cccc21. The second kappa shape index (κ2) is 20.5. The van der Waals surface area contributed by atoms with Crippen molar-refractivity contribution in [3.63, 3.8) is 0 Å². The predicted octanol–water partition coefficient (Wildman–Crippen LogP) is 26.4. The van der Waals surface area contributed by atoms with Gasteiger partial charge in [0.2, 0.25) is 0 Å². The van der Waals surface area contributed by atoms with Gasteiger partial charge in [0.15, 0.2) is 11.2 Å². The van der Waals surface area contributed by atoms with E-state index in [1.165, 1.54) is 77.2 Å². The van der Waals surface area contributed by atoms with E-state index < -0.39 is 0 Å². The van der Waals surface area contributed by atoms with Crippen molar-refractivity contribution in [2.75, 3.05) is 0 Å². The van der Waals surface area contributed by atoms with Crippen molar-refractivity contribution in [2.24, 2.45) is 0 Å². The van der Waals surface area contributed by atoms with E-state index in [0.29, 0.717) is 0 Å². The highest BCUT2D eigenvalue weighted by Gasteiger charge is 2.40. The van der Waals surface area contributed by atoms with Gasteiger partial charge in [-0.05, 0) is 150 Å². The van der Waals surface area contributed by atoms with E-state index in [4.69, 9.17) is 18.8 Å². The van der Waals surface area contributed by atoms with Gasteiger partial charge in [0.25, 0.3) is 0 Å². The lowest BCUT2D eigenvalue weighted by Crippen LogP contribution is -2.14. The summed E-state index contributed by atoms with van der Waals surface area (Å²) >= 11 is 1.85. The fourth-order valence-corrected chi connectivity index (χ4v) is 19.8. The standard InChI is InChI=1S/C96H60N4O2S/c1-95(2)73-31-11-5-25-65(73)85-67(29-17-33-75(85)95)93-89-90(94(103-93)68-30-18-34-76-86(68)66-26-6-12-32-74(66)96(76,3)4)98-88-72-52-54(56-44-48-80-70(50-56)60-22-8-14-36-78(60)100(80)82-38-20-28-64-62-24-10-16-40-84(62)102-92(64)82)42-46-58(72)57-45-41-53(51-71(57)87(88)97-89)55-43-47-79-69(49-55)59-21-7-13-35-77(59)99(79)81-37-19-27-63-61-23-9-15-39-83(61)101-91(63)81/h5-52H,1-4H3. The van der Waals surface area contributed by atoms with Crippen LogP contribution < -0.4 is 0 Å². The van der Waals surface area contributed by atoms with Crippen LogP contribution in [-0.2, 0) is 10.8 Å². The van der Waals surface area contributed by atoms with Crippen LogP contribution in [0.3, 0.4) is 0 Å². The summed E-state index contributed by atoms with van der Waals surface area (Å²) in [4.78, 5) is 14.7. The number of para-hydroxylation sites is 6. The van der Waals surface area contributed by atoms with E-state index in [0.717, 1.165) is 153 Å². The molecule has 0 saturated carbocycles. The van der Waals surface area contributed by atoms with Crippen molar-refractivity contribution < 1.29 is 8.83 Å². The highest BCUT2D eigenvalue weighted by Crippen LogP contribution is 2.58. The van der Waals surface area contributed by atoms with Crippen LogP contribution in [0.25, 0.3) is 208 Å². The van der Waals surface area contributed by atoms with Gasteiger partial charge < -0.3 is 18.0 Å². The molecule has 0 radical (unpaired) electrons. The van der Waals surface area contributed by atoms with Crippen molar-refractivity contribution in [1.82, 2.24) is 19.1 Å². The minimum absolute atomic E-state index is 0.207. The van der Waals surface area contributed by atoms with E-state index in [1.54, 1.807) is 0 Å². The molecular formula is C96H60N4O2S. The summed E-state index contributed by atoms with van der Waals surface area (Å²) in [5.41, 5.74) is 30.4. The van der Waals surface area contributed by atoms with Crippen molar-refractivity contribution in [2.45, 2.75) is 38.5 Å². The van der Waals surface area contributed by atoms with Gasteiger partial charge in [0.1, 0.15) is 22.2 Å². The third kappa shape index (κ3) is 7.70. The molecule has 0 N–H and O–H groups in total. The molecule has 6 aromatic heterocycles. The average Bonchev–Trinajstić information content (AvgIpc) is 1.62. The molecule has 0 bridgehead atoms. The zero-order chi connectivity index (χ0) is 67.9. The van der Waals surface area contributed by atoms with Crippen LogP contribution in [0.5, 0.6) is 0 Å². The quantitative estimate of drug-likeness (QED) is 0.156. The van der Waals surface area contributed by atoms with Crippen LogP contribution in [0.2, 0.25) is 0 Å². The Balaban J connectivity index is 0.786. The summed E-state index contributed by atoms with van der Waals surface area (Å²) in [5.74, 6) is 0. The summed E-state index contributed by atoms with van der Waals surface area (Å²) in [5, 5.41) is 13.5. The number of furan rings is 2. The molecule has 0 saturated heterocycles. The highest BCUT2D eigenvalue weighted by atomic mass is 32.1. The molecule has 0 aliphatic heterocycles. The van der Waals surface area contributed by atoms with Gasteiger partial charge in [0.05, 0.1) is 54.2 Å². The fraction of sp³-hybridized carbons (Fsp3) is 0.0625. The molecule has 2 aliphatic rings. The zero-order valence-electron chi connectivity index (χ0n) is 56.7. The van der Waals surface area contributed by atoms with Gasteiger partial charge in [0, 0.05) is 75.8 Å². The number of benzene rings is 15. The van der Waals surface area contributed by atoms with E-state index in [-0.39, 0.29) is 10.8 Å². The highest BCUT2D eigenvalue weighted by molar-refractivity contribution is 7.21. The van der Waals surface area contributed by atoms with Crippen LogP contribution >= 0.6 is 11.3 Å². The maximum atomic E-state index is 6.72. The van der Waals surface area contributed by atoms with Crippen molar-refractivity contribution in [3.8, 4) is 76.8 Å². The first-order valence-corrected chi connectivity index (χ1v) is 36.4. The largest absolute Gasteiger partial charge is 0.454 e. The molecule has 0 atom stereocenters. The average molecular weight is 1330 g/mol. The number of hydrogen-bond donors (Lipinski definition) is 0. The van der Waals surface area contributed by atoms with Gasteiger partial charge in [-0.2, -0.15) is 0 Å². The minimum Gasteiger partial charge on any atom is -0.454 e. The van der Waals surface area contributed by atoms with Crippen LogP contribution in [0, 0.1) is 0 Å². The number of hydrogen-bond acceptors (Lipinski definition) is 5. The smallest absolute Gasteiger partial charge is 0.159 e. The summed E-state index contributed by atoms with van der Waals surface area (Å²) < 4.78 is 18.2. The molecule has 2 aliphatic carbocycles. The molecule has 103 heavy (non-hydrogen) atoms. The molecule has 6 nitrogen and oxygen atoms in total. The molecule has 7 heteroatoms. The summed E-state index contributed by atoms with van der Waals surface area (Å²) in [6, 6.07) is 107. The molecule has 0 unspecified atom stereocenters. The fourth-order valence-electron chi connectivity index (χ4n) is 18.5. The molecular weight excluding hydrogens is 1270 g/mol. The summed E-state index contributed by atoms with van der Waals surface area (Å²) in [6.45, 7) is 9.51. The second-order valence-electron chi connectivity index (χ2n) is 29.4. The lowest BCUT2D eigenvalue weighted by Gasteiger charge is -2.21. The van der Waals surface area contributed by atoms with Gasteiger partial charge in [-0.15, -0.1) is 11.3 Å². The normalized spacial score (nSPS) is 13.8. The molecule has 0 amide bonds. The third-order valence-corrected chi connectivity index (χ3v) is 24.6. The van der Waals surface area contributed by atoms with Crippen LogP contribution in [-0.4, -0.2) is 19.1 Å². The van der Waals surface area contributed by atoms with E-state index >= 15 is 0 Å². The maximum Gasteiger partial charge on any atom is 0.159 e. The van der Waals surface area contributed by atoms with E-state index in [1.807, 2.05) is 23.5 Å². The third-order valence-electron chi connectivity index (χ3n) is 23.3. The van der Waals surface area contributed by atoms with E-state index in [9.17, 15) is 0 Å². The zero-order valence-corrected chi connectivity index (χ0v) is 57.5. The lowest BCUT2D eigenvalue weighted by atomic mass is 9.82. The Morgan fingerprint density at radius 1 is 0.272 bits per heavy atom. The molecule has 482 valence electrons. The first-order chi connectivity index (χ1) is 50.6. The minimum atomic E-state index is -0.207. The van der Waals surface area contributed by atoms with Crippen molar-refractivity contribution >= 4 is 142 Å². The molecule has 0 fully saturated rings. The number of fused-ring (bicyclic) bond motifs is 25. The van der Waals surface area contributed by atoms with Crippen LogP contribution in [0.1, 0.15) is 49.9 Å². The monoisotopic (exact) mass is 1330 g/mol. The van der Waals surface area contributed by atoms with Crippen LogP contribution in [0.15, 0.2) is 300 Å². The Morgan fingerprint density at radius 3 is 1.09 bits per heavy atom. The van der Waals surface area contributed by atoms with Gasteiger partial charge in [-0.3, -0.25) is 0 Å². The van der Waals surface area contributed by atoms with Crippen molar-refractivity contribution in [1.29, 1.82) is 0 Å². The predicted molar refractivity (Wildman–Crippen MR) is 430 cm³/mol. The maximum absolute atomic E-state index is 6.72. The van der Waals surface area contributed by atoms with Crippen molar-refractivity contribution in [3.05, 3.63) is 313 Å².